The number of hydrogen-bond donors (Lipinski definition) is 0. The fourth-order valence-electron chi connectivity index (χ4n) is 9.99. The van der Waals surface area contributed by atoms with E-state index < -0.39 is 5.41 Å². The molecule has 0 heteroatoms. The van der Waals surface area contributed by atoms with Crippen molar-refractivity contribution in [1.82, 2.24) is 0 Å². The summed E-state index contributed by atoms with van der Waals surface area (Å²) in [5, 5.41) is 12.9. The van der Waals surface area contributed by atoms with Gasteiger partial charge >= 0.3 is 0 Å². The number of benzene rings is 11. The van der Waals surface area contributed by atoms with Crippen molar-refractivity contribution in [3.63, 3.8) is 0 Å². The highest BCUT2D eigenvalue weighted by atomic mass is 14.5. The summed E-state index contributed by atoms with van der Waals surface area (Å²) in [6, 6.07) is 77.3. The minimum atomic E-state index is -0.467. The average Bonchev–Trinajstić information content (AvgIpc) is 3.54. The Morgan fingerprint density at radius 2 is 0.764 bits per heavy atom. The van der Waals surface area contributed by atoms with Gasteiger partial charge in [-0.05, 0) is 152 Å². The van der Waals surface area contributed by atoms with Crippen molar-refractivity contribution in [1.29, 1.82) is 0 Å². The van der Waals surface area contributed by atoms with E-state index in [1.54, 1.807) is 0 Å². The molecule has 0 nitrogen and oxygen atoms in total. The Bertz CT molecular complexity index is 3190. The first-order chi connectivity index (χ1) is 27.2. The second-order valence-corrected chi connectivity index (χ2v) is 15.2. The molecule has 0 fully saturated rings. The lowest BCUT2D eigenvalue weighted by molar-refractivity contribution is 0.770. The maximum atomic E-state index is 2.49. The SMILES string of the molecule is c1ccc(C2(c3ccccc3)c3cc(-c4cc5ccc6cc(-c7cccc8ccccc78)cc7ccc(c4)c5c67)ccc3-c3cc4ccccc4cc32)cc1. The van der Waals surface area contributed by atoms with Crippen molar-refractivity contribution in [2.24, 2.45) is 0 Å². The zero-order chi connectivity index (χ0) is 36.1. The predicted molar refractivity (Wildman–Crippen MR) is 233 cm³/mol. The van der Waals surface area contributed by atoms with Crippen LogP contribution in [-0.2, 0) is 5.41 Å². The molecule has 0 atom stereocenters. The van der Waals surface area contributed by atoms with E-state index in [9.17, 15) is 0 Å². The smallest absolute Gasteiger partial charge is 0.0622 e. The molecule has 0 amide bonds. The Kier molecular flexibility index (Phi) is 6.36. The number of fused-ring (bicyclic) bond motifs is 5. The van der Waals surface area contributed by atoms with Gasteiger partial charge in [-0.3, -0.25) is 0 Å². The van der Waals surface area contributed by atoms with Crippen LogP contribution in [0.25, 0.3) is 87.2 Å². The standard InChI is InChI=1S/C55H34/c1-3-16-45(17-4-1)55(46-18-5-2-6-19-46)51-34-38(26-27-49(51)50-32-36-13-7-8-14-37(36)33-52(50)55)43-28-39-22-24-41-30-44(31-42-25-23-40(29-43)53(39)54(41)42)48-21-11-15-35-12-9-10-20-47(35)48/h1-34H. The minimum Gasteiger partial charge on any atom is -0.0622 e. The molecular formula is C55H34. The van der Waals surface area contributed by atoms with E-state index in [1.165, 1.54) is 109 Å². The molecule has 0 aromatic heterocycles. The van der Waals surface area contributed by atoms with Crippen LogP contribution in [-0.4, -0.2) is 0 Å². The third kappa shape index (κ3) is 4.34. The molecule has 0 saturated heterocycles. The maximum absolute atomic E-state index is 2.49. The third-order valence-corrected chi connectivity index (χ3v) is 12.4. The highest BCUT2D eigenvalue weighted by Crippen LogP contribution is 2.57. The predicted octanol–water partition coefficient (Wildman–Crippen LogP) is 14.6. The van der Waals surface area contributed by atoms with Crippen LogP contribution < -0.4 is 0 Å². The molecule has 0 heterocycles. The van der Waals surface area contributed by atoms with Crippen LogP contribution in [0.1, 0.15) is 22.3 Å². The summed E-state index contributed by atoms with van der Waals surface area (Å²) in [7, 11) is 0. The van der Waals surface area contributed by atoms with Crippen LogP contribution in [0.15, 0.2) is 206 Å². The lowest BCUT2D eigenvalue weighted by Crippen LogP contribution is -2.28. The second kappa shape index (κ2) is 11.5. The van der Waals surface area contributed by atoms with Crippen LogP contribution in [0.2, 0.25) is 0 Å². The molecule has 11 aromatic carbocycles. The van der Waals surface area contributed by atoms with Gasteiger partial charge in [0.25, 0.3) is 0 Å². The lowest BCUT2D eigenvalue weighted by atomic mass is 9.67. The number of rotatable bonds is 4. The van der Waals surface area contributed by atoms with E-state index >= 15 is 0 Å². The summed E-state index contributed by atoms with van der Waals surface area (Å²) in [5.74, 6) is 0. The van der Waals surface area contributed by atoms with Gasteiger partial charge in [-0.25, -0.2) is 0 Å². The molecule has 254 valence electrons. The van der Waals surface area contributed by atoms with Gasteiger partial charge in [0.05, 0.1) is 5.41 Å². The molecule has 0 unspecified atom stereocenters. The van der Waals surface area contributed by atoms with E-state index in [0.717, 1.165) is 0 Å². The normalized spacial score (nSPS) is 13.2. The summed E-state index contributed by atoms with van der Waals surface area (Å²) in [6.45, 7) is 0. The Morgan fingerprint density at radius 1 is 0.255 bits per heavy atom. The van der Waals surface area contributed by atoms with Crippen molar-refractivity contribution in [3.05, 3.63) is 229 Å². The van der Waals surface area contributed by atoms with Gasteiger partial charge in [0.15, 0.2) is 0 Å². The summed E-state index contributed by atoms with van der Waals surface area (Å²) in [5.41, 5.74) is 12.4. The van der Waals surface area contributed by atoms with Gasteiger partial charge in [0.2, 0.25) is 0 Å². The van der Waals surface area contributed by atoms with Gasteiger partial charge < -0.3 is 0 Å². The molecular weight excluding hydrogens is 661 g/mol. The Hall–Kier alpha value is -7.02. The van der Waals surface area contributed by atoms with Gasteiger partial charge in [-0.1, -0.05) is 164 Å². The summed E-state index contributed by atoms with van der Waals surface area (Å²) < 4.78 is 0. The van der Waals surface area contributed by atoms with Crippen molar-refractivity contribution >= 4 is 53.9 Å². The molecule has 0 radical (unpaired) electrons. The van der Waals surface area contributed by atoms with Crippen molar-refractivity contribution in [3.8, 4) is 33.4 Å². The molecule has 55 heavy (non-hydrogen) atoms. The van der Waals surface area contributed by atoms with Gasteiger partial charge in [-0.2, -0.15) is 0 Å². The molecule has 0 saturated carbocycles. The van der Waals surface area contributed by atoms with Crippen molar-refractivity contribution in [2.75, 3.05) is 0 Å². The molecule has 0 N–H and O–H groups in total. The number of hydrogen-bond acceptors (Lipinski definition) is 0. The van der Waals surface area contributed by atoms with Crippen LogP contribution in [0.4, 0.5) is 0 Å². The van der Waals surface area contributed by atoms with Crippen molar-refractivity contribution in [2.45, 2.75) is 5.41 Å². The highest BCUT2D eigenvalue weighted by Gasteiger charge is 2.46. The Morgan fingerprint density at radius 3 is 1.40 bits per heavy atom. The van der Waals surface area contributed by atoms with Crippen LogP contribution in [0.5, 0.6) is 0 Å². The summed E-state index contributed by atoms with van der Waals surface area (Å²) in [4.78, 5) is 0. The fourth-order valence-corrected chi connectivity index (χ4v) is 9.99. The minimum absolute atomic E-state index is 0.467. The fraction of sp³-hybridized carbons (Fsp3) is 0.0182. The van der Waals surface area contributed by atoms with Crippen LogP contribution >= 0.6 is 0 Å². The molecule has 1 aliphatic rings. The molecule has 1 aliphatic carbocycles. The summed E-state index contributed by atoms with van der Waals surface area (Å²) >= 11 is 0. The lowest BCUT2D eigenvalue weighted by Gasteiger charge is -2.34. The van der Waals surface area contributed by atoms with Crippen molar-refractivity contribution < 1.29 is 0 Å². The van der Waals surface area contributed by atoms with Crippen LogP contribution in [0, 0.1) is 0 Å². The summed E-state index contributed by atoms with van der Waals surface area (Å²) in [6.07, 6.45) is 0. The van der Waals surface area contributed by atoms with Crippen LogP contribution in [0.3, 0.4) is 0 Å². The quantitative estimate of drug-likeness (QED) is 0.161. The zero-order valence-corrected chi connectivity index (χ0v) is 30.1. The van der Waals surface area contributed by atoms with E-state index in [1.807, 2.05) is 0 Å². The largest absolute Gasteiger partial charge is 0.0714 e. The maximum Gasteiger partial charge on any atom is 0.0714 e. The highest BCUT2D eigenvalue weighted by molar-refractivity contribution is 6.25. The van der Waals surface area contributed by atoms with Gasteiger partial charge in [0, 0.05) is 0 Å². The average molecular weight is 695 g/mol. The zero-order valence-electron chi connectivity index (χ0n) is 30.1. The first-order valence-electron chi connectivity index (χ1n) is 19.2. The molecule has 0 spiro atoms. The van der Waals surface area contributed by atoms with E-state index in [4.69, 9.17) is 0 Å². The first kappa shape index (κ1) is 30.4. The Balaban J connectivity index is 1.07. The van der Waals surface area contributed by atoms with E-state index in [-0.39, 0.29) is 0 Å². The van der Waals surface area contributed by atoms with Gasteiger partial charge in [-0.15, -0.1) is 0 Å². The van der Waals surface area contributed by atoms with E-state index in [2.05, 4.69) is 206 Å². The van der Waals surface area contributed by atoms with Gasteiger partial charge in [0.1, 0.15) is 0 Å². The first-order valence-corrected chi connectivity index (χ1v) is 19.2. The molecule has 0 aliphatic heterocycles. The molecule has 0 bridgehead atoms. The molecule has 12 rings (SSSR count). The third-order valence-electron chi connectivity index (χ3n) is 12.4. The monoisotopic (exact) mass is 694 g/mol. The molecule has 11 aromatic rings. The second-order valence-electron chi connectivity index (χ2n) is 15.2. The topological polar surface area (TPSA) is 0 Å². The van der Waals surface area contributed by atoms with E-state index in [0.29, 0.717) is 0 Å². The Labute approximate surface area is 319 Å².